The van der Waals surface area contributed by atoms with Gasteiger partial charge in [-0.05, 0) is 54.2 Å². The molecule has 0 bridgehead atoms. The Kier molecular flexibility index (Phi) is 5.53. The lowest BCUT2D eigenvalue weighted by molar-refractivity contribution is 0.172. The van der Waals surface area contributed by atoms with Crippen LogP contribution in [0.3, 0.4) is 0 Å². The number of hydrogen-bond acceptors (Lipinski definition) is 0. The summed E-state index contributed by atoms with van der Waals surface area (Å²) < 4.78 is 0. The normalized spacial score (nSPS) is 18.9. The Morgan fingerprint density at radius 1 is 0.741 bits per heavy atom. The highest BCUT2D eigenvalue weighted by Crippen LogP contribution is 2.48. The second kappa shape index (κ2) is 8.39. The number of hydrogen-bond donors (Lipinski definition) is 0. The number of rotatable bonds is 7. The van der Waals surface area contributed by atoms with Gasteiger partial charge in [0.2, 0.25) is 0 Å². The zero-order valence-electron chi connectivity index (χ0n) is 15.9. The van der Waals surface area contributed by atoms with E-state index in [0.717, 1.165) is 18.3 Å². The van der Waals surface area contributed by atoms with Gasteiger partial charge in [0.05, 0.1) is 0 Å². The molecule has 27 heavy (non-hydrogen) atoms. The molecule has 0 radical (unpaired) electrons. The first-order valence-electron chi connectivity index (χ1n) is 10.1. The second-order valence-electron chi connectivity index (χ2n) is 8.01. The lowest BCUT2D eigenvalue weighted by Crippen LogP contribution is -2.30. The van der Waals surface area contributed by atoms with Crippen molar-refractivity contribution in [2.75, 3.05) is 0 Å². The van der Waals surface area contributed by atoms with Gasteiger partial charge in [0.25, 0.3) is 0 Å². The summed E-state index contributed by atoms with van der Waals surface area (Å²) in [5, 5.41) is 0. The maximum atomic E-state index is 4.36. The van der Waals surface area contributed by atoms with E-state index in [1.165, 1.54) is 41.5 Å². The van der Waals surface area contributed by atoms with Gasteiger partial charge in [-0.2, -0.15) is 0 Å². The van der Waals surface area contributed by atoms with Crippen LogP contribution in [-0.4, -0.2) is 0 Å². The highest BCUT2D eigenvalue weighted by Gasteiger charge is 2.36. The van der Waals surface area contributed by atoms with Crippen molar-refractivity contribution in [3.63, 3.8) is 0 Å². The number of benzene rings is 3. The van der Waals surface area contributed by atoms with Gasteiger partial charge in [-0.25, -0.2) is 0 Å². The van der Waals surface area contributed by atoms with E-state index in [9.17, 15) is 0 Å². The molecule has 1 fully saturated rings. The lowest BCUT2D eigenvalue weighted by Gasteiger charge is -2.41. The Morgan fingerprint density at radius 2 is 1.22 bits per heavy atom. The van der Waals surface area contributed by atoms with E-state index in [1.807, 2.05) is 0 Å². The first-order valence-corrected chi connectivity index (χ1v) is 10.1. The van der Waals surface area contributed by atoms with Crippen molar-refractivity contribution in [3.05, 3.63) is 120 Å². The van der Waals surface area contributed by atoms with Crippen LogP contribution < -0.4 is 0 Å². The maximum absolute atomic E-state index is 4.36. The molecule has 3 aromatic rings. The molecule has 0 heterocycles. The van der Waals surface area contributed by atoms with E-state index in [4.69, 9.17) is 0 Å². The maximum Gasteiger partial charge on any atom is 0.0118 e. The molecule has 0 spiro atoms. The zero-order chi connectivity index (χ0) is 18.5. The molecule has 1 aliphatic rings. The molecule has 0 N–H and O–H groups in total. The van der Waals surface area contributed by atoms with E-state index >= 15 is 0 Å². The molecule has 0 saturated heterocycles. The van der Waals surface area contributed by atoms with E-state index in [2.05, 4.69) is 97.6 Å². The fraction of sp³-hybridized carbons (Fsp3) is 0.259. The molecule has 0 heteroatoms. The Bertz CT molecular complexity index is 803. The minimum atomic E-state index is 0.519. The van der Waals surface area contributed by atoms with Gasteiger partial charge >= 0.3 is 0 Å². The Morgan fingerprint density at radius 3 is 1.74 bits per heavy atom. The van der Waals surface area contributed by atoms with E-state index < -0.39 is 0 Å². The van der Waals surface area contributed by atoms with Gasteiger partial charge in [-0.1, -0.05) is 103 Å². The van der Waals surface area contributed by atoms with E-state index in [0.29, 0.717) is 5.92 Å². The third kappa shape index (κ3) is 4.39. The van der Waals surface area contributed by atoms with Crippen LogP contribution in [0.4, 0.5) is 0 Å². The molecule has 1 aliphatic carbocycles. The van der Waals surface area contributed by atoms with Crippen molar-refractivity contribution in [2.45, 2.75) is 31.6 Å². The minimum Gasteiger partial charge on any atom is -0.0995 e. The molecule has 0 nitrogen and oxygen atoms in total. The highest BCUT2D eigenvalue weighted by atomic mass is 14.4. The Hall–Kier alpha value is -2.60. The topological polar surface area (TPSA) is 0 Å². The summed E-state index contributed by atoms with van der Waals surface area (Å²) in [6.45, 7) is 4.36. The van der Waals surface area contributed by atoms with Crippen LogP contribution in [0.1, 0.15) is 41.9 Å². The fourth-order valence-electron chi connectivity index (χ4n) is 4.65. The van der Waals surface area contributed by atoms with Crippen molar-refractivity contribution in [3.8, 4) is 0 Å². The summed E-state index contributed by atoms with van der Waals surface area (Å²) in [6, 6.07) is 32.8. The van der Waals surface area contributed by atoms with Crippen LogP contribution in [0.2, 0.25) is 0 Å². The van der Waals surface area contributed by atoms with Gasteiger partial charge in [-0.15, -0.1) is 0 Å². The van der Waals surface area contributed by atoms with Crippen LogP contribution in [0, 0.1) is 11.8 Å². The second-order valence-corrected chi connectivity index (χ2v) is 8.01. The standard InChI is InChI=1S/C27H28/c1-21(17-22-11-5-2-6-12-22)18-23-19-26(20-23)27(24-13-7-3-8-14-24)25-15-9-4-10-16-25/h2-16,23,26-27H,1,17-20H2. The van der Waals surface area contributed by atoms with Gasteiger partial charge in [-0.3, -0.25) is 0 Å². The van der Waals surface area contributed by atoms with E-state index in [-0.39, 0.29) is 0 Å². The monoisotopic (exact) mass is 352 g/mol. The van der Waals surface area contributed by atoms with Gasteiger partial charge in [0.1, 0.15) is 0 Å². The van der Waals surface area contributed by atoms with Crippen molar-refractivity contribution in [1.29, 1.82) is 0 Å². The molecular weight excluding hydrogens is 324 g/mol. The van der Waals surface area contributed by atoms with Crippen LogP contribution >= 0.6 is 0 Å². The number of allylic oxidation sites excluding steroid dienone is 1. The largest absolute Gasteiger partial charge is 0.0995 e. The molecular formula is C27H28. The van der Waals surface area contributed by atoms with Gasteiger partial charge in [0, 0.05) is 5.92 Å². The lowest BCUT2D eigenvalue weighted by atomic mass is 9.63. The molecule has 3 aromatic carbocycles. The quantitative estimate of drug-likeness (QED) is 0.400. The van der Waals surface area contributed by atoms with Crippen molar-refractivity contribution in [1.82, 2.24) is 0 Å². The molecule has 0 aromatic heterocycles. The van der Waals surface area contributed by atoms with Crippen LogP contribution in [0.5, 0.6) is 0 Å². The van der Waals surface area contributed by atoms with Crippen LogP contribution in [0.25, 0.3) is 0 Å². The molecule has 0 amide bonds. The molecule has 0 atom stereocenters. The highest BCUT2D eigenvalue weighted by molar-refractivity contribution is 5.34. The van der Waals surface area contributed by atoms with Crippen LogP contribution in [0.15, 0.2) is 103 Å². The third-order valence-electron chi connectivity index (χ3n) is 5.94. The summed E-state index contributed by atoms with van der Waals surface area (Å²) in [7, 11) is 0. The summed E-state index contributed by atoms with van der Waals surface area (Å²) in [6.07, 6.45) is 4.80. The SMILES string of the molecule is C=C(Cc1ccccc1)CC1CC(C(c2ccccc2)c2ccccc2)C1. The molecule has 0 aliphatic heterocycles. The van der Waals surface area contributed by atoms with Gasteiger partial charge < -0.3 is 0 Å². The average molecular weight is 353 g/mol. The first-order chi connectivity index (χ1) is 13.3. The Labute approximate surface area is 163 Å². The van der Waals surface area contributed by atoms with E-state index in [1.54, 1.807) is 0 Å². The summed E-state index contributed by atoms with van der Waals surface area (Å²) in [5.41, 5.74) is 5.66. The average Bonchev–Trinajstić information content (AvgIpc) is 2.69. The third-order valence-corrected chi connectivity index (χ3v) is 5.94. The first kappa shape index (κ1) is 17.8. The van der Waals surface area contributed by atoms with Crippen molar-refractivity contribution in [2.24, 2.45) is 11.8 Å². The molecule has 1 saturated carbocycles. The van der Waals surface area contributed by atoms with Crippen molar-refractivity contribution < 1.29 is 0 Å². The predicted octanol–water partition coefficient (Wildman–Crippen LogP) is 7.03. The summed E-state index contributed by atoms with van der Waals surface area (Å²) >= 11 is 0. The molecule has 4 rings (SSSR count). The fourth-order valence-corrected chi connectivity index (χ4v) is 4.65. The van der Waals surface area contributed by atoms with Crippen LogP contribution in [-0.2, 0) is 6.42 Å². The Balaban J connectivity index is 1.39. The predicted molar refractivity (Wildman–Crippen MR) is 115 cm³/mol. The minimum absolute atomic E-state index is 0.519. The summed E-state index contributed by atoms with van der Waals surface area (Å²) in [4.78, 5) is 0. The summed E-state index contributed by atoms with van der Waals surface area (Å²) in [5.74, 6) is 2.05. The molecule has 0 unspecified atom stereocenters. The smallest absolute Gasteiger partial charge is 0.0118 e. The molecule has 136 valence electrons. The van der Waals surface area contributed by atoms with Gasteiger partial charge in [0.15, 0.2) is 0 Å². The zero-order valence-corrected chi connectivity index (χ0v) is 15.9. The van der Waals surface area contributed by atoms with Crippen molar-refractivity contribution >= 4 is 0 Å².